The first-order valence-corrected chi connectivity index (χ1v) is 9.11. The average Bonchev–Trinajstić information content (AvgIpc) is 3.01. The molecule has 0 amide bonds. The summed E-state index contributed by atoms with van der Waals surface area (Å²) in [6.07, 6.45) is 9.99. The molecule has 1 fully saturated rings. The number of pyridine rings is 1. The van der Waals surface area contributed by atoms with Gasteiger partial charge >= 0.3 is 0 Å². The Kier molecular flexibility index (Phi) is 8.15. The van der Waals surface area contributed by atoms with Gasteiger partial charge in [0.2, 0.25) is 0 Å². The van der Waals surface area contributed by atoms with Gasteiger partial charge in [0.25, 0.3) is 0 Å². The van der Waals surface area contributed by atoms with Crippen molar-refractivity contribution in [2.45, 2.75) is 32.1 Å². The lowest BCUT2D eigenvalue weighted by molar-refractivity contribution is 0.0732. The van der Waals surface area contributed by atoms with Crippen LogP contribution in [0.5, 0.6) is 0 Å². The number of hydrogen-bond acceptors (Lipinski definition) is 3. The molecule has 0 unspecified atom stereocenters. The van der Waals surface area contributed by atoms with Crippen molar-refractivity contribution in [3.05, 3.63) is 36.3 Å². The first-order chi connectivity index (χ1) is 12.2. The van der Waals surface area contributed by atoms with Crippen LogP contribution >= 0.6 is 24.0 Å². The van der Waals surface area contributed by atoms with E-state index in [1.54, 1.807) is 7.11 Å². The van der Waals surface area contributed by atoms with Gasteiger partial charge < -0.3 is 19.8 Å². The molecule has 0 radical (unpaired) electrons. The van der Waals surface area contributed by atoms with E-state index in [1.807, 2.05) is 31.4 Å². The molecule has 26 heavy (non-hydrogen) atoms. The first kappa shape index (κ1) is 21.0. The lowest BCUT2D eigenvalue weighted by Crippen LogP contribution is -2.47. The minimum atomic E-state index is 0. The van der Waals surface area contributed by atoms with Crippen LogP contribution in [0.4, 0.5) is 0 Å². The van der Waals surface area contributed by atoms with Crippen LogP contribution in [0.15, 0.2) is 35.6 Å². The highest BCUT2D eigenvalue weighted by molar-refractivity contribution is 14.0. The summed E-state index contributed by atoms with van der Waals surface area (Å²) in [5.74, 6) is 0.868. The third kappa shape index (κ3) is 5.33. The van der Waals surface area contributed by atoms with Gasteiger partial charge in [0, 0.05) is 52.7 Å². The van der Waals surface area contributed by atoms with Crippen LogP contribution in [0, 0.1) is 5.41 Å². The van der Waals surface area contributed by atoms with Crippen molar-refractivity contribution in [2.75, 3.05) is 33.9 Å². The van der Waals surface area contributed by atoms with E-state index in [2.05, 4.69) is 31.2 Å². The molecule has 7 heteroatoms. The SMILES string of the molecule is CN=C(NCCc1cn2ccccc2n1)NCC1(CCOC)CCC1.I. The highest BCUT2D eigenvalue weighted by atomic mass is 127. The molecule has 1 saturated carbocycles. The number of fused-ring (bicyclic) bond motifs is 1. The Morgan fingerprint density at radius 2 is 2.19 bits per heavy atom. The molecule has 6 nitrogen and oxygen atoms in total. The van der Waals surface area contributed by atoms with E-state index in [1.165, 1.54) is 19.3 Å². The Morgan fingerprint density at radius 3 is 2.85 bits per heavy atom. The van der Waals surface area contributed by atoms with Crippen LogP contribution in [0.25, 0.3) is 5.65 Å². The quantitative estimate of drug-likeness (QED) is 0.353. The number of halogens is 1. The molecule has 1 aliphatic carbocycles. The maximum Gasteiger partial charge on any atom is 0.191 e. The van der Waals surface area contributed by atoms with Crippen LogP contribution in [-0.4, -0.2) is 49.2 Å². The second-order valence-corrected chi connectivity index (χ2v) is 6.90. The molecule has 2 aromatic heterocycles. The predicted octanol–water partition coefficient (Wildman–Crippen LogP) is 2.87. The van der Waals surface area contributed by atoms with Gasteiger partial charge in [-0.2, -0.15) is 0 Å². The van der Waals surface area contributed by atoms with E-state index in [-0.39, 0.29) is 24.0 Å². The van der Waals surface area contributed by atoms with Gasteiger partial charge in [-0.1, -0.05) is 12.5 Å². The third-order valence-corrected chi connectivity index (χ3v) is 5.19. The standard InChI is InChI=1S/C19H29N5O.HI/c1-20-18(22-15-19(8-5-9-19)10-13-25-2)21-11-7-16-14-24-12-4-3-6-17(24)23-16;/h3-4,6,12,14H,5,7-11,13,15H2,1-2H3,(H2,20,21,22);1H. The van der Waals surface area contributed by atoms with E-state index in [0.29, 0.717) is 5.41 Å². The Balaban J connectivity index is 0.00000243. The van der Waals surface area contributed by atoms with Crippen molar-refractivity contribution < 1.29 is 4.74 Å². The Bertz CT molecular complexity index is 678. The number of methoxy groups -OCH3 is 1. The molecule has 0 spiro atoms. The summed E-state index contributed by atoms with van der Waals surface area (Å²) in [6.45, 7) is 2.61. The van der Waals surface area contributed by atoms with Crippen LogP contribution in [0.3, 0.4) is 0 Å². The topological polar surface area (TPSA) is 63.0 Å². The molecule has 1 aliphatic rings. The van der Waals surface area contributed by atoms with Gasteiger partial charge in [0.15, 0.2) is 5.96 Å². The number of rotatable bonds is 8. The van der Waals surface area contributed by atoms with E-state index < -0.39 is 0 Å². The van der Waals surface area contributed by atoms with Crippen molar-refractivity contribution in [1.82, 2.24) is 20.0 Å². The molecule has 0 aliphatic heterocycles. The molecule has 2 heterocycles. The number of ether oxygens (including phenoxy) is 1. The third-order valence-electron chi connectivity index (χ3n) is 5.19. The van der Waals surface area contributed by atoms with Gasteiger partial charge in [-0.15, -0.1) is 24.0 Å². The highest BCUT2D eigenvalue weighted by Crippen LogP contribution is 2.43. The second-order valence-electron chi connectivity index (χ2n) is 6.90. The summed E-state index contributed by atoms with van der Waals surface area (Å²) in [5.41, 5.74) is 2.46. The normalized spacial score (nSPS) is 16.0. The Labute approximate surface area is 172 Å². The lowest BCUT2D eigenvalue weighted by atomic mass is 9.67. The fourth-order valence-electron chi connectivity index (χ4n) is 3.42. The maximum absolute atomic E-state index is 5.26. The van der Waals surface area contributed by atoms with Gasteiger partial charge in [-0.05, 0) is 36.8 Å². The summed E-state index contributed by atoms with van der Waals surface area (Å²) in [5, 5.41) is 6.89. The van der Waals surface area contributed by atoms with E-state index in [0.717, 1.165) is 49.8 Å². The van der Waals surface area contributed by atoms with Crippen molar-refractivity contribution in [2.24, 2.45) is 10.4 Å². The largest absolute Gasteiger partial charge is 0.385 e. The number of aromatic nitrogens is 2. The van der Waals surface area contributed by atoms with Crippen molar-refractivity contribution in [3.63, 3.8) is 0 Å². The summed E-state index contributed by atoms with van der Waals surface area (Å²) < 4.78 is 7.32. The lowest BCUT2D eigenvalue weighted by Gasteiger charge is -2.42. The maximum atomic E-state index is 5.26. The fraction of sp³-hybridized carbons (Fsp3) is 0.579. The zero-order valence-corrected chi connectivity index (χ0v) is 18.0. The molecule has 0 saturated heterocycles. The molecule has 0 bridgehead atoms. The van der Waals surface area contributed by atoms with Gasteiger partial charge in [0.1, 0.15) is 5.65 Å². The monoisotopic (exact) mass is 471 g/mol. The van der Waals surface area contributed by atoms with Gasteiger partial charge in [-0.25, -0.2) is 4.98 Å². The molecule has 0 atom stereocenters. The minimum absolute atomic E-state index is 0. The predicted molar refractivity (Wildman–Crippen MR) is 116 cm³/mol. The number of hydrogen-bond donors (Lipinski definition) is 2. The average molecular weight is 471 g/mol. The van der Waals surface area contributed by atoms with Crippen molar-refractivity contribution in [3.8, 4) is 0 Å². The fourth-order valence-corrected chi connectivity index (χ4v) is 3.42. The van der Waals surface area contributed by atoms with Crippen LogP contribution in [0.2, 0.25) is 0 Å². The number of imidazole rings is 1. The summed E-state index contributed by atoms with van der Waals surface area (Å²) in [4.78, 5) is 8.97. The zero-order valence-electron chi connectivity index (χ0n) is 15.7. The Morgan fingerprint density at radius 1 is 1.35 bits per heavy atom. The Hall–Kier alpha value is -1.35. The van der Waals surface area contributed by atoms with Crippen LogP contribution in [0.1, 0.15) is 31.4 Å². The molecule has 3 rings (SSSR count). The summed E-state index contributed by atoms with van der Waals surface area (Å²) in [7, 11) is 3.60. The molecule has 2 N–H and O–H groups in total. The zero-order chi connectivity index (χ0) is 17.5. The van der Waals surface area contributed by atoms with E-state index in [4.69, 9.17) is 4.74 Å². The highest BCUT2D eigenvalue weighted by Gasteiger charge is 2.36. The van der Waals surface area contributed by atoms with E-state index in [9.17, 15) is 0 Å². The number of guanidine groups is 1. The molecule has 144 valence electrons. The second kappa shape index (κ2) is 10.1. The summed E-state index contributed by atoms with van der Waals surface area (Å²) >= 11 is 0. The molecule has 2 aromatic rings. The number of aliphatic imine (C=N–C) groups is 1. The van der Waals surface area contributed by atoms with Gasteiger partial charge in [0.05, 0.1) is 5.69 Å². The van der Waals surface area contributed by atoms with Gasteiger partial charge in [-0.3, -0.25) is 4.99 Å². The number of nitrogens with zero attached hydrogens (tertiary/aromatic N) is 3. The van der Waals surface area contributed by atoms with E-state index >= 15 is 0 Å². The van der Waals surface area contributed by atoms with Crippen LogP contribution < -0.4 is 10.6 Å². The molecular formula is C19H30IN5O. The minimum Gasteiger partial charge on any atom is -0.385 e. The summed E-state index contributed by atoms with van der Waals surface area (Å²) in [6, 6.07) is 6.05. The number of nitrogens with one attached hydrogen (secondary N) is 2. The first-order valence-electron chi connectivity index (χ1n) is 9.11. The molecule has 0 aromatic carbocycles. The van der Waals surface area contributed by atoms with Crippen molar-refractivity contribution >= 4 is 35.6 Å². The molecular weight excluding hydrogens is 441 g/mol. The van der Waals surface area contributed by atoms with Crippen molar-refractivity contribution in [1.29, 1.82) is 0 Å². The smallest absolute Gasteiger partial charge is 0.191 e. The van der Waals surface area contributed by atoms with Crippen LogP contribution in [-0.2, 0) is 11.2 Å².